The van der Waals surface area contributed by atoms with Gasteiger partial charge in [0, 0.05) is 18.7 Å². The average molecular weight is 324 g/mol. The highest BCUT2D eigenvalue weighted by molar-refractivity contribution is 7.92. The molecule has 0 saturated carbocycles. The normalized spacial score (nSPS) is 11.3. The van der Waals surface area contributed by atoms with E-state index in [-0.39, 0.29) is 18.2 Å². The molecule has 7 nitrogen and oxygen atoms in total. The number of benzene rings is 1. The summed E-state index contributed by atoms with van der Waals surface area (Å²) in [6.07, 6.45) is 0. The maximum atomic E-state index is 11.7. The highest BCUT2D eigenvalue weighted by atomic mass is 32.2. The van der Waals surface area contributed by atoms with Crippen molar-refractivity contribution in [2.75, 3.05) is 30.5 Å². The van der Waals surface area contributed by atoms with Crippen molar-refractivity contribution >= 4 is 21.6 Å². The molecule has 118 valence electrons. The van der Waals surface area contributed by atoms with Crippen molar-refractivity contribution in [3.63, 3.8) is 0 Å². The summed E-state index contributed by atoms with van der Waals surface area (Å²) in [6, 6.07) is 10.8. The van der Waals surface area contributed by atoms with E-state index in [1.807, 2.05) is 30.3 Å². The second kappa shape index (κ2) is 7.19. The lowest BCUT2D eigenvalue weighted by molar-refractivity contribution is -0.113. The average Bonchev–Trinajstić information content (AvgIpc) is 2.94. The van der Waals surface area contributed by atoms with Crippen molar-refractivity contribution in [3.05, 3.63) is 36.4 Å². The molecule has 1 amide bonds. The Morgan fingerprint density at radius 3 is 2.73 bits per heavy atom. The largest absolute Gasteiger partial charge is 0.384 e. The van der Waals surface area contributed by atoms with Crippen molar-refractivity contribution in [3.8, 4) is 11.3 Å². The Labute approximate surface area is 128 Å². The van der Waals surface area contributed by atoms with Crippen LogP contribution in [0.5, 0.6) is 0 Å². The lowest BCUT2D eigenvalue weighted by Gasteiger charge is -2.03. The van der Waals surface area contributed by atoms with Gasteiger partial charge in [0.15, 0.2) is 21.4 Å². The fraction of sp³-hybridized carbons (Fsp3) is 0.286. The van der Waals surface area contributed by atoms with Crippen molar-refractivity contribution < 1.29 is 22.5 Å². The van der Waals surface area contributed by atoms with E-state index < -0.39 is 21.5 Å². The Bertz CT molecular complexity index is 725. The molecule has 0 bridgehead atoms. The minimum Gasteiger partial charge on any atom is -0.384 e. The maximum absolute atomic E-state index is 11.7. The highest BCUT2D eigenvalue weighted by Gasteiger charge is 2.18. The fourth-order valence-corrected chi connectivity index (χ4v) is 2.77. The fourth-order valence-electron chi connectivity index (χ4n) is 1.73. The lowest BCUT2D eigenvalue weighted by Crippen LogP contribution is -2.26. The zero-order valence-corrected chi connectivity index (χ0v) is 12.8. The number of carbonyl (C=O) groups is 1. The summed E-state index contributed by atoms with van der Waals surface area (Å²) in [4.78, 5) is 11.7. The van der Waals surface area contributed by atoms with Gasteiger partial charge in [-0.05, 0) is 0 Å². The van der Waals surface area contributed by atoms with Gasteiger partial charge < -0.3 is 14.6 Å². The summed E-state index contributed by atoms with van der Waals surface area (Å²) in [6.45, 7) is 0.0533. The van der Waals surface area contributed by atoms with Crippen molar-refractivity contribution in [1.29, 1.82) is 0 Å². The van der Waals surface area contributed by atoms with Gasteiger partial charge in [0.25, 0.3) is 0 Å². The second-order valence-corrected chi connectivity index (χ2v) is 6.76. The third-order valence-electron chi connectivity index (χ3n) is 2.79. The molecule has 1 aromatic carbocycles. The molecule has 0 radical (unpaired) electrons. The van der Waals surface area contributed by atoms with Crippen LogP contribution in [0.3, 0.4) is 0 Å². The van der Waals surface area contributed by atoms with E-state index in [1.165, 1.54) is 13.2 Å². The van der Waals surface area contributed by atoms with Crippen LogP contribution in [-0.2, 0) is 19.4 Å². The van der Waals surface area contributed by atoms with Gasteiger partial charge in [0.2, 0.25) is 5.91 Å². The molecule has 0 saturated heterocycles. The van der Waals surface area contributed by atoms with Gasteiger partial charge >= 0.3 is 0 Å². The van der Waals surface area contributed by atoms with Crippen molar-refractivity contribution in [2.45, 2.75) is 0 Å². The van der Waals surface area contributed by atoms with Crippen LogP contribution in [-0.4, -0.2) is 44.7 Å². The zero-order valence-electron chi connectivity index (χ0n) is 12.0. The molecule has 0 spiro atoms. The molecular weight excluding hydrogens is 308 g/mol. The quantitative estimate of drug-likeness (QED) is 0.825. The standard InChI is InChI=1S/C14H16N2O5S/c1-20-7-8-22(18,19)10-14(17)15-13-9-12(21-16-13)11-5-3-2-4-6-11/h2-6,9H,7-8,10H2,1H3,(H,15,16,17). The first-order valence-corrected chi connectivity index (χ1v) is 8.33. The number of nitrogens with one attached hydrogen (secondary N) is 1. The van der Waals surface area contributed by atoms with E-state index in [2.05, 4.69) is 10.5 Å². The number of ether oxygens (including phenoxy) is 1. The van der Waals surface area contributed by atoms with Crippen LogP contribution < -0.4 is 5.32 Å². The first-order valence-electron chi connectivity index (χ1n) is 6.51. The first kappa shape index (κ1) is 16.2. The van der Waals surface area contributed by atoms with E-state index in [0.717, 1.165) is 5.56 Å². The summed E-state index contributed by atoms with van der Waals surface area (Å²) in [5.41, 5.74) is 0.809. The van der Waals surface area contributed by atoms with Gasteiger partial charge in [0.1, 0.15) is 5.75 Å². The van der Waals surface area contributed by atoms with Crippen LogP contribution in [0.25, 0.3) is 11.3 Å². The second-order valence-electron chi connectivity index (χ2n) is 4.58. The van der Waals surface area contributed by atoms with E-state index in [0.29, 0.717) is 5.76 Å². The summed E-state index contributed by atoms with van der Waals surface area (Å²) in [5.74, 6) is -0.831. The SMILES string of the molecule is COCCS(=O)(=O)CC(=O)Nc1cc(-c2ccccc2)on1. The van der Waals surface area contributed by atoms with Gasteiger partial charge in [-0.15, -0.1) is 0 Å². The Morgan fingerprint density at radius 2 is 2.05 bits per heavy atom. The predicted octanol–water partition coefficient (Wildman–Crippen LogP) is 1.34. The van der Waals surface area contributed by atoms with Gasteiger partial charge in [-0.1, -0.05) is 35.5 Å². The van der Waals surface area contributed by atoms with Crippen LogP contribution in [0, 0.1) is 0 Å². The van der Waals surface area contributed by atoms with Crippen LogP contribution >= 0.6 is 0 Å². The third-order valence-corrected chi connectivity index (χ3v) is 4.28. The van der Waals surface area contributed by atoms with Crippen molar-refractivity contribution in [2.24, 2.45) is 0 Å². The number of sulfone groups is 1. The molecule has 0 fully saturated rings. The van der Waals surface area contributed by atoms with Gasteiger partial charge in [-0.25, -0.2) is 8.42 Å². The molecule has 0 aliphatic rings. The smallest absolute Gasteiger partial charge is 0.240 e. The predicted molar refractivity (Wildman–Crippen MR) is 81.1 cm³/mol. The molecule has 0 atom stereocenters. The molecule has 2 rings (SSSR count). The van der Waals surface area contributed by atoms with Crippen LogP contribution in [0.4, 0.5) is 5.82 Å². The molecule has 0 aliphatic carbocycles. The molecule has 1 aromatic heterocycles. The Hall–Kier alpha value is -2.19. The highest BCUT2D eigenvalue weighted by Crippen LogP contribution is 2.21. The zero-order chi connectivity index (χ0) is 16.0. The van der Waals surface area contributed by atoms with E-state index in [9.17, 15) is 13.2 Å². The topological polar surface area (TPSA) is 98.5 Å². The van der Waals surface area contributed by atoms with Gasteiger partial charge in [0.05, 0.1) is 12.4 Å². The van der Waals surface area contributed by atoms with Crippen molar-refractivity contribution in [1.82, 2.24) is 5.16 Å². The molecule has 1 heterocycles. The number of hydrogen-bond acceptors (Lipinski definition) is 6. The monoisotopic (exact) mass is 324 g/mol. The molecule has 22 heavy (non-hydrogen) atoms. The van der Waals surface area contributed by atoms with Crippen LogP contribution in [0.1, 0.15) is 0 Å². The number of methoxy groups -OCH3 is 1. The Balaban J connectivity index is 1.97. The van der Waals surface area contributed by atoms with E-state index in [1.54, 1.807) is 0 Å². The van der Waals surface area contributed by atoms with Crippen LogP contribution in [0.2, 0.25) is 0 Å². The van der Waals surface area contributed by atoms with Gasteiger partial charge in [-0.2, -0.15) is 0 Å². The summed E-state index contributed by atoms with van der Waals surface area (Å²) in [5, 5.41) is 6.10. The number of carbonyl (C=O) groups excluding carboxylic acids is 1. The first-order chi connectivity index (χ1) is 10.5. The minimum atomic E-state index is -3.50. The number of anilines is 1. The summed E-state index contributed by atoms with van der Waals surface area (Å²) >= 11 is 0. The van der Waals surface area contributed by atoms with Crippen LogP contribution in [0.15, 0.2) is 40.9 Å². The molecular formula is C14H16N2O5S. The number of nitrogens with zero attached hydrogens (tertiary/aromatic N) is 1. The van der Waals surface area contributed by atoms with E-state index in [4.69, 9.17) is 9.26 Å². The molecule has 8 heteroatoms. The number of aromatic nitrogens is 1. The Morgan fingerprint density at radius 1 is 1.32 bits per heavy atom. The van der Waals surface area contributed by atoms with E-state index >= 15 is 0 Å². The molecule has 1 N–H and O–H groups in total. The number of amides is 1. The number of hydrogen-bond donors (Lipinski definition) is 1. The lowest BCUT2D eigenvalue weighted by atomic mass is 10.2. The molecule has 0 unspecified atom stereocenters. The molecule has 0 aliphatic heterocycles. The third kappa shape index (κ3) is 4.68. The number of rotatable bonds is 7. The Kier molecular flexibility index (Phi) is 5.29. The minimum absolute atomic E-state index is 0.0533. The van der Waals surface area contributed by atoms with Gasteiger partial charge in [-0.3, -0.25) is 4.79 Å². The summed E-state index contributed by atoms with van der Waals surface area (Å²) in [7, 11) is -2.10. The maximum Gasteiger partial charge on any atom is 0.240 e. The summed E-state index contributed by atoms with van der Waals surface area (Å²) < 4.78 is 33.1. The molecule has 2 aromatic rings.